The Bertz CT molecular complexity index is 1560. The number of nitrogens with one attached hydrogen (secondary N) is 1. The summed E-state index contributed by atoms with van der Waals surface area (Å²) in [5.41, 5.74) is 0.797. The van der Waals surface area contributed by atoms with E-state index in [0.717, 1.165) is 0 Å². The first-order valence-electron chi connectivity index (χ1n) is 11.6. The van der Waals surface area contributed by atoms with Crippen LogP contribution in [-0.2, 0) is 11.3 Å². The summed E-state index contributed by atoms with van der Waals surface area (Å²) in [5, 5.41) is 3.07. The lowest BCUT2D eigenvalue weighted by Crippen LogP contribution is -2.24. The van der Waals surface area contributed by atoms with Crippen LogP contribution in [0.3, 0.4) is 0 Å². The molecule has 0 radical (unpaired) electrons. The highest BCUT2D eigenvalue weighted by molar-refractivity contribution is 6.10. The molecule has 1 aliphatic heterocycles. The minimum Gasteiger partial charge on any atom is -0.497 e. The molecule has 0 atom stereocenters. The third-order valence-corrected chi connectivity index (χ3v) is 5.91. The number of carbonyl (C=O) groups is 2. The first kappa shape index (κ1) is 23.9. The van der Waals surface area contributed by atoms with Crippen LogP contribution >= 0.6 is 0 Å². The summed E-state index contributed by atoms with van der Waals surface area (Å²) in [5.74, 6) is 1.27. The maximum Gasteiger partial charge on any atom is 0.244 e. The number of aromatic nitrogens is 1. The molecule has 0 saturated carbocycles. The Morgan fingerprint density at radius 2 is 1.76 bits per heavy atom. The molecule has 188 valence electrons. The van der Waals surface area contributed by atoms with Crippen LogP contribution in [0.25, 0.3) is 10.9 Å². The van der Waals surface area contributed by atoms with Gasteiger partial charge in [-0.2, -0.15) is 0 Å². The topological polar surface area (TPSA) is 105 Å². The first-order chi connectivity index (χ1) is 18.0. The highest BCUT2D eigenvalue weighted by Crippen LogP contribution is 2.35. The van der Waals surface area contributed by atoms with Crippen molar-refractivity contribution in [3.8, 4) is 23.0 Å². The van der Waals surface area contributed by atoms with E-state index in [4.69, 9.17) is 18.9 Å². The van der Waals surface area contributed by atoms with E-state index >= 15 is 0 Å². The van der Waals surface area contributed by atoms with Crippen molar-refractivity contribution in [1.29, 1.82) is 0 Å². The third-order valence-electron chi connectivity index (χ3n) is 5.91. The molecular formula is C28H24N2O7. The molecule has 1 amide bonds. The molecule has 1 aromatic heterocycles. The fourth-order valence-electron chi connectivity index (χ4n) is 4.15. The van der Waals surface area contributed by atoms with Gasteiger partial charge >= 0.3 is 0 Å². The summed E-state index contributed by atoms with van der Waals surface area (Å²) in [6.07, 6.45) is 1.41. The van der Waals surface area contributed by atoms with Crippen LogP contribution in [0.1, 0.15) is 22.8 Å². The number of anilines is 1. The second kappa shape index (κ2) is 10.1. The van der Waals surface area contributed by atoms with Crippen LogP contribution in [-0.4, -0.2) is 36.8 Å². The number of carbonyl (C=O) groups excluding carboxylic acids is 2. The molecule has 1 N–H and O–H groups in total. The van der Waals surface area contributed by atoms with E-state index in [1.807, 2.05) is 6.92 Å². The van der Waals surface area contributed by atoms with Gasteiger partial charge in [-0.3, -0.25) is 14.4 Å². The fraction of sp³-hybridized carbons (Fsp3) is 0.179. The Hall–Kier alpha value is -4.79. The summed E-state index contributed by atoms with van der Waals surface area (Å²) in [4.78, 5) is 39.8. The predicted octanol–water partition coefficient (Wildman–Crippen LogP) is 4.01. The lowest BCUT2D eigenvalue weighted by molar-refractivity contribution is -0.116. The Kier molecular flexibility index (Phi) is 6.51. The molecule has 2 heterocycles. The molecule has 9 nitrogen and oxygen atoms in total. The molecule has 37 heavy (non-hydrogen) atoms. The highest BCUT2D eigenvalue weighted by Gasteiger charge is 2.22. The van der Waals surface area contributed by atoms with E-state index in [1.54, 1.807) is 72.3 Å². The van der Waals surface area contributed by atoms with Crippen LogP contribution in [0.15, 0.2) is 71.7 Å². The average molecular weight is 501 g/mol. The van der Waals surface area contributed by atoms with Gasteiger partial charge in [0.2, 0.25) is 18.1 Å². The minimum absolute atomic E-state index is 0.0220. The van der Waals surface area contributed by atoms with Crippen molar-refractivity contribution in [1.82, 2.24) is 4.57 Å². The molecule has 0 fully saturated rings. The Morgan fingerprint density at radius 1 is 1.00 bits per heavy atom. The van der Waals surface area contributed by atoms with Gasteiger partial charge in [0.15, 0.2) is 17.3 Å². The summed E-state index contributed by atoms with van der Waals surface area (Å²) >= 11 is 0. The van der Waals surface area contributed by atoms with Gasteiger partial charge in [0, 0.05) is 29.6 Å². The van der Waals surface area contributed by atoms with E-state index in [-0.39, 0.29) is 30.2 Å². The minimum atomic E-state index is -0.463. The number of fused-ring (bicyclic) bond motifs is 2. The molecule has 0 unspecified atom stereocenters. The number of nitrogens with zero attached hydrogens (tertiary/aromatic N) is 1. The average Bonchev–Trinajstić information content (AvgIpc) is 3.37. The molecule has 0 aliphatic carbocycles. The van der Waals surface area contributed by atoms with E-state index in [1.165, 1.54) is 6.20 Å². The number of hydrogen-bond donors (Lipinski definition) is 1. The number of ether oxygens (including phenoxy) is 4. The summed E-state index contributed by atoms with van der Waals surface area (Å²) in [6.45, 7) is 2.23. The molecule has 4 aromatic rings. The van der Waals surface area contributed by atoms with Crippen molar-refractivity contribution in [3.63, 3.8) is 0 Å². The molecule has 9 heteroatoms. The third kappa shape index (κ3) is 4.84. The number of rotatable bonds is 8. The Balaban J connectivity index is 1.54. The van der Waals surface area contributed by atoms with Gasteiger partial charge in [0.1, 0.15) is 18.0 Å². The summed E-state index contributed by atoms with van der Waals surface area (Å²) in [7, 11) is 1.54. The standard InChI is InChI=1S/C28H24N2O7/c1-3-35-19-9-7-17(8-10-19)27(32)22-14-30(15-26(31)29-18-5-4-6-20(11-18)34-2)23-13-25-24(36-16-37-25)12-21(23)28(22)33/h4-14H,3,15-16H2,1-2H3,(H,29,31). The fourth-order valence-corrected chi connectivity index (χ4v) is 4.15. The molecule has 3 aromatic carbocycles. The zero-order valence-electron chi connectivity index (χ0n) is 20.3. The second-order valence-electron chi connectivity index (χ2n) is 8.29. The molecule has 0 bridgehead atoms. The lowest BCUT2D eigenvalue weighted by atomic mass is 10.0. The summed E-state index contributed by atoms with van der Waals surface area (Å²) < 4.78 is 23.1. The molecular weight excluding hydrogens is 476 g/mol. The first-order valence-corrected chi connectivity index (χ1v) is 11.6. The second-order valence-corrected chi connectivity index (χ2v) is 8.29. The van der Waals surface area contributed by atoms with Crippen molar-refractivity contribution >= 4 is 28.3 Å². The zero-order chi connectivity index (χ0) is 25.9. The van der Waals surface area contributed by atoms with E-state index < -0.39 is 11.2 Å². The number of methoxy groups -OCH3 is 1. The van der Waals surface area contributed by atoms with E-state index in [2.05, 4.69) is 5.32 Å². The van der Waals surface area contributed by atoms with Crippen LogP contribution in [0.5, 0.6) is 23.0 Å². The molecule has 1 aliphatic rings. The molecule has 5 rings (SSSR count). The Labute approximate surface area is 212 Å². The van der Waals surface area contributed by atoms with Gasteiger partial charge in [-0.1, -0.05) is 6.07 Å². The van der Waals surface area contributed by atoms with Crippen molar-refractivity contribution in [2.75, 3.05) is 25.8 Å². The zero-order valence-corrected chi connectivity index (χ0v) is 20.3. The smallest absolute Gasteiger partial charge is 0.244 e. The van der Waals surface area contributed by atoms with Gasteiger partial charge in [0.25, 0.3) is 0 Å². The van der Waals surface area contributed by atoms with Gasteiger partial charge in [-0.05, 0) is 49.4 Å². The number of ketones is 1. The normalized spacial score (nSPS) is 11.8. The quantitative estimate of drug-likeness (QED) is 0.365. The SMILES string of the molecule is CCOc1ccc(C(=O)c2cn(CC(=O)Nc3cccc(OC)c3)c3cc4c(cc3c2=O)OCO4)cc1. The number of amides is 1. The molecule has 0 spiro atoms. The van der Waals surface area contributed by atoms with Crippen molar-refractivity contribution < 1.29 is 28.5 Å². The molecule has 0 saturated heterocycles. The monoisotopic (exact) mass is 500 g/mol. The van der Waals surface area contributed by atoms with E-state index in [0.29, 0.717) is 46.4 Å². The maximum atomic E-state index is 13.4. The van der Waals surface area contributed by atoms with Gasteiger partial charge in [-0.25, -0.2) is 0 Å². The Morgan fingerprint density at radius 3 is 2.49 bits per heavy atom. The van der Waals surface area contributed by atoms with Crippen molar-refractivity contribution in [2.24, 2.45) is 0 Å². The van der Waals surface area contributed by atoms with Crippen LogP contribution in [0.4, 0.5) is 5.69 Å². The van der Waals surface area contributed by atoms with Crippen LogP contribution < -0.4 is 29.7 Å². The van der Waals surface area contributed by atoms with Gasteiger partial charge in [-0.15, -0.1) is 0 Å². The van der Waals surface area contributed by atoms with Crippen molar-refractivity contribution in [3.05, 3.63) is 88.2 Å². The number of pyridine rings is 1. The van der Waals surface area contributed by atoms with Crippen LogP contribution in [0.2, 0.25) is 0 Å². The lowest BCUT2D eigenvalue weighted by Gasteiger charge is -2.14. The number of benzene rings is 3. The van der Waals surface area contributed by atoms with Gasteiger partial charge in [0.05, 0.1) is 30.2 Å². The summed E-state index contributed by atoms with van der Waals surface area (Å²) in [6, 6.07) is 16.7. The van der Waals surface area contributed by atoms with Crippen molar-refractivity contribution in [2.45, 2.75) is 13.5 Å². The largest absolute Gasteiger partial charge is 0.497 e. The van der Waals surface area contributed by atoms with E-state index in [9.17, 15) is 14.4 Å². The number of hydrogen-bond acceptors (Lipinski definition) is 7. The van der Waals surface area contributed by atoms with Crippen LogP contribution in [0, 0.1) is 0 Å². The van der Waals surface area contributed by atoms with Gasteiger partial charge < -0.3 is 28.8 Å². The highest BCUT2D eigenvalue weighted by atomic mass is 16.7. The predicted molar refractivity (Wildman–Crippen MR) is 137 cm³/mol. The maximum absolute atomic E-state index is 13.4.